The maximum atomic E-state index is 12.4. The molecule has 4 rings (SSSR count). The van der Waals surface area contributed by atoms with E-state index in [1.165, 1.54) is 28.0 Å². The number of carbonyl (C=O) groups excluding carboxylic acids is 1. The molecule has 218 valence electrons. The van der Waals surface area contributed by atoms with E-state index in [4.69, 9.17) is 9.47 Å². The van der Waals surface area contributed by atoms with E-state index < -0.39 is 11.2 Å². The first kappa shape index (κ1) is 30.6. The minimum Gasteiger partial charge on any atom is -0.383 e. The molecule has 0 saturated heterocycles. The Labute approximate surface area is 242 Å². The van der Waals surface area contributed by atoms with Crippen molar-refractivity contribution in [3.8, 4) is 11.8 Å². The highest BCUT2D eigenvalue weighted by atomic mass is 16.5. The fourth-order valence-electron chi connectivity index (χ4n) is 6.91. The van der Waals surface area contributed by atoms with Crippen LogP contribution in [0.4, 0.5) is 5.69 Å². The van der Waals surface area contributed by atoms with Gasteiger partial charge < -0.3 is 19.5 Å². The molecular formula is C35H49NO4. The molecule has 40 heavy (non-hydrogen) atoms. The number of benzene rings is 1. The highest BCUT2D eigenvalue weighted by molar-refractivity contribution is 5.93. The summed E-state index contributed by atoms with van der Waals surface area (Å²) in [5, 5.41) is 11.5. The third-order valence-corrected chi connectivity index (χ3v) is 9.34. The number of anilines is 1. The lowest BCUT2D eigenvalue weighted by Crippen LogP contribution is -2.30. The van der Waals surface area contributed by atoms with Gasteiger partial charge in [0.15, 0.2) is 5.78 Å². The van der Waals surface area contributed by atoms with E-state index >= 15 is 0 Å². The van der Waals surface area contributed by atoms with Crippen molar-refractivity contribution in [1.29, 1.82) is 0 Å². The summed E-state index contributed by atoms with van der Waals surface area (Å²) >= 11 is 0. The zero-order valence-corrected chi connectivity index (χ0v) is 25.5. The number of hydrogen-bond donors (Lipinski definition) is 1. The van der Waals surface area contributed by atoms with E-state index in [0.29, 0.717) is 43.6 Å². The first-order valence-electron chi connectivity index (χ1n) is 15.2. The number of fused-ring (bicyclic) bond motifs is 1. The number of rotatable bonds is 10. The van der Waals surface area contributed by atoms with Gasteiger partial charge in [-0.3, -0.25) is 4.79 Å². The quantitative estimate of drug-likeness (QED) is 0.334. The minimum atomic E-state index is -0.969. The number of likely N-dealkylation sites (N-methyl/N-ethyl adjacent to an activating group) is 1. The van der Waals surface area contributed by atoms with Crippen molar-refractivity contribution in [3.05, 3.63) is 52.6 Å². The largest absolute Gasteiger partial charge is 0.383 e. The van der Waals surface area contributed by atoms with Crippen LogP contribution in [0.25, 0.3) is 0 Å². The number of hydrogen-bond acceptors (Lipinski definition) is 5. The highest BCUT2D eigenvalue weighted by Gasteiger charge is 2.44. The standard InChI is InChI=1S/C35H49NO4/c1-7-8-30(25-9-12-28(13-10-25)36(4)21-22-39-5)33-31-16-14-29(37)23-26(31)11-15-32(33)27-17-18-35(38,24-27)20-19-34(2,3)40-6/h9-10,12-13,23,27,30,32,38H,7-8,11,14-18,21-22,24H2,1-6H3/t27-,30-,32+,35-/m1/s1. The summed E-state index contributed by atoms with van der Waals surface area (Å²) in [6, 6.07) is 9.08. The molecule has 1 saturated carbocycles. The lowest BCUT2D eigenvalue weighted by molar-refractivity contribution is -0.114. The van der Waals surface area contributed by atoms with Gasteiger partial charge in [-0.25, -0.2) is 0 Å². The smallest absolute Gasteiger partial charge is 0.156 e. The van der Waals surface area contributed by atoms with Crippen molar-refractivity contribution in [2.24, 2.45) is 11.8 Å². The number of ketones is 1. The average Bonchev–Trinajstić information content (AvgIpc) is 3.35. The van der Waals surface area contributed by atoms with Crippen LogP contribution in [0.15, 0.2) is 47.1 Å². The predicted octanol–water partition coefficient (Wildman–Crippen LogP) is 6.61. The van der Waals surface area contributed by atoms with Crippen molar-refractivity contribution in [3.63, 3.8) is 0 Å². The Kier molecular flexibility index (Phi) is 9.98. The number of nitrogens with zero attached hydrogens (tertiary/aromatic N) is 1. The zero-order valence-electron chi connectivity index (χ0n) is 25.5. The van der Waals surface area contributed by atoms with Crippen LogP contribution >= 0.6 is 0 Å². The molecule has 1 aromatic carbocycles. The number of allylic oxidation sites excluding steroid dienone is 4. The first-order valence-corrected chi connectivity index (χ1v) is 15.2. The SMILES string of the molecule is CCC[C@@H](C1=C2CCC(=O)C=C2CC[C@H]1[C@@H]1CC[C@@](O)(C#CC(C)(C)OC)C1)c1ccc(N(C)CCOC)cc1. The van der Waals surface area contributed by atoms with Crippen LogP contribution in [0.5, 0.6) is 0 Å². The summed E-state index contributed by atoms with van der Waals surface area (Å²) in [4.78, 5) is 14.6. The maximum Gasteiger partial charge on any atom is 0.156 e. The molecule has 0 amide bonds. The number of ether oxygens (including phenoxy) is 2. The van der Waals surface area contributed by atoms with Crippen molar-refractivity contribution in [2.45, 2.75) is 95.7 Å². The van der Waals surface area contributed by atoms with E-state index in [0.717, 1.165) is 45.1 Å². The normalized spacial score (nSPS) is 25.7. The van der Waals surface area contributed by atoms with Gasteiger partial charge in [0.25, 0.3) is 0 Å². The molecule has 3 aliphatic carbocycles. The lowest BCUT2D eigenvalue weighted by atomic mass is 9.65. The second-order valence-electron chi connectivity index (χ2n) is 12.6. The van der Waals surface area contributed by atoms with Gasteiger partial charge in [-0.05, 0) is 106 Å². The minimum absolute atomic E-state index is 0.262. The predicted molar refractivity (Wildman–Crippen MR) is 162 cm³/mol. The van der Waals surface area contributed by atoms with Crippen LogP contribution in [-0.2, 0) is 14.3 Å². The van der Waals surface area contributed by atoms with Crippen LogP contribution in [0.2, 0.25) is 0 Å². The third kappa shape index (κ3) is 7.08. The Balaban J connectivity index is 1.69. The zero-order chi connectivity index (χ0) is 28.9. The van der Waals surface area contributed by atoms with Gasteiger partial charge in [0.05, 0.1) is 6.61 Å². The molecule has 0 spiro atoms. The van der Waals surface area contributed by atoms with E-state index in [1.807, 2.05) is 19.9 Å². The Morgan fingerprint density at radius 1 is 1.15 bits per heavy atom. The van der Waals surface area contributed by atoms with Gasteiger partial charge in [-0.1, -0.05) is 42.9 Å². The average molecular weight is 548 g/mol. The van der Waals surface area contributed by atoms with Crippen molar-refractivity contribution in [2.75, 3.05) is 39.3 Å². The van der Waals surface area contributed by atoms with E-state index in [1.54, 1.807) is 14.2 Å². The van der Waals surface area contributed by atoms with Gasteiger partial charge in [0.1, 0.15) is 11.2 Å². The summed E-state index contributed by atoms with van der Waals surface area (Å²) in [7, 11) is 5.50. The summed E-state index contributed by atoms with van der Waals surface area (Å²) < 4.78 is 10.8. The van der Waals surface area contributed by atoms with Crippen LogP contribution in [0.3, 0.4) is 0 Å². The van der Waals surface area contributed by atoms with Gasteiger partial charge in [0, 0.05) is 45.8 Å². The molecule has 5 nitrogen and oxygen atoms in total. The highest BCUT2D eigenvalue weighted by Crippen LogP contribution is 2.53. The summed E-state index contributed by atoms with van der Waals surface area (Å²) in [5.74, 6) is 7.74. The summed E-state index contributed by atoms with van der Waals surface area (Å²) in [5.41, 5.74) is 5.22. The molecule has 0 aliphatic heterocycles. The molecule has 0 radical (unpaired) electrons. The Morgan fingerprint density at radius 3 is 2.58 bits per heavy atom. The molecule has 4 atom stereocenters. The number of aliphatic hydroxyl groups is 1. The van der Waals surface area contributed by atoms with Gasteiger partial charge in [-0.2, -0.15) is 0 Å². The van der Waals surface area contributed by atoms with Crippen LogP contribution in [0, 0.1) is 23.7 Å². The Hall–Kier alpha value is -2.39. The number of methoxy groups -OCH3 is 2. The fraction of sp³-hybridized carbons (Fsp3) is 0.629. The molecule has 0 aromatic heterocycles. The molecule has 3 aliphatic rings. The lowest BCUT2D eigenvalue weighted by Gasteiger charge is -2.40. The van der Waals surface area contributed by atoms with Crippen molar-refractivity contribution < 1.29 is 19.4 Å². The molecular weight excluding hydrogens is 498 g/mol. The molecule has 0 unspecified atom stereocenters. The summed E-state index contributed by atoms with van der Waals surface area (Å²) in [6.07, 6.45) is 9.89. The van der Waals surface area contributed by atoms with Crippen molar-refractivity contribution >= 4 is 11.5 Å². The second kappa shape index (κ2) is 13.1. The van der Waals surface area contributed by atoms with Gasteiger partial charge >= 0.3 is 0 Å². The molecule has 1 fully saturated rings. The van der Waals surface area contributed by atoms with E-state index in [9.17, 15) is 9.90 Å². The van der Waals surface area contributed by atoms with Crippen LogP contribution in [0.1, 0.15) is 90.0 Å². The maximum absolute atomic E-state index is 12.4. The Morgan fingerprint density at radius 2 is 1.90 bits per heavy atom. The molecule has 1 N–H and O–H groups in total. The molecule has 5 heteroatoms. The first-order chi connectivity index (χ1) is 19.1. The fourth-order valence-corrected chi connectivity index (χ4v) is 6.91. The molecule has 0 heterocycles. The van der Waals surface area contributed by atoms with E-state index in [-0.39, 0.29) is 5.78 Å². The second-order valence-corrected chi connectivity index (χ2v) is 12.6. The monoisotopic (exact) mass is 547 g/mol. The van der Waals surface area contributed by atoms with E-state index in [2.05, 4.69) is 55.0 Å². The van der Waals surface area contributed by atoms with Crippen molar-refractivity contribution in [1.82, 2.24) is 0 Å². The summed E-state index contributed by atoms with van der Waals surface area (Å²) in [6.45, 7) is 7.69. The Bertz CT molecular complexity index is 1170. The van der Waals surface area contributed by atoms with Crippen LogP contribution in [-0.4, -0.2) is 56.5 Å². The topological polar surface area (TPSA) is 59.0 Å². The molecule has 1 aromatic rings. The van der Waals surface area contributed by atoms with Gasteiger partial charge in [0.2, 0.25) is 0 Å². The van der Waals surface area contributed by atoms with Crippen LogP contribution < -0.4 is 4.90 Å². The molecule has 0 bridgehead atoms. The number of carbonyl (C=O) groups is 1. The third-order valence-electron chi connectivity index (χ3n) is 9.34. The van der Waals surface area contributed by atoms with Gasteiger partial charge in [-0.15, -0.1) is 0 Å².